The molecule has 1 atom stereocenters. The van der Waals surface area contributed by atoms with Crippen molar-refractivity contribution in [3.05, 3.63) is 66.8 Å². The van der Waals surface area contributed by atoms with Crippen LogP contribution in [-0.4, -0.2) is 19.6 Å². The van der Waals surface area contributed by atoms with Crippen LogP contribution in [0.15, 0.2) is 49.8 Å². The first-order valence-electron chi connectivity index (χ1n) is 7.42. The van der Waals surface area contributed by atoms with Crippen molar-refractivity contribution < 1.29 is 0 Å². The number of nitrogens with two attached hydrogens (primary N) is 1. The van der Waals surface area contributed by atoms with E-state index in [0.717, 1.165) is 39.1 Å². The Kier molecular flexibility index (Phi) is 3.80. The van der Waals surface area contributed by atoms with Crippen LogP contribution in [0.4, 0.5) is 0 Å². The molecule has 3 aromatic rings. The second-order valence-electron chi connectivity index (χ2n) is 5.56. The van der Waals surface area contributed by atoms with Gasteiger partial charge in [-0.15, -0.1) is 10.2 Å². The highest BCUT2D eigenvalue weighted by Gasteiger charge is 2.16. The van der Waals surface area contributed by atoms with Gasteiger partial charge in [0.2, 0.25) is 0 Å². The Morgan fingerprint density at radius 3 is 2.78 bits per heavy atom. The molecule has 0 bridgehead atoms. The molecule has 2 N–H and O–H groups in total. The van der Waals surface area contributed by atoms with Gasteiger partial charge in [0.15, 0.2) is 5.65 Å². The fourth-order valence-electron chi connectivity index (χ4n) is 2.75. The Balaban J connectivity index is 2.51. The van der Waals surface area contributed by atoms with Gasteiger partial charge >= 0.3 is 0 Å². The minimum atomic E-state index is -0.126. The number of benzene rings is 1. The van der Waals surface area contributed by atoms with Gasteiger partial charge in [0.05, 0.1) is 5.52 Å². The van der Waals surface area contributed by atoms with Crippen LogP contribution in [0.3, 0.4) is 0 Å². The average Bonchev–Trinajstić information content (AvgIpc) is 3.01. The van der Waals surface area contributed by atoms with E-state index in [2.05, 4.69) is 35.5 Å². The molecule has 0 saturated carbocycles. The van der Waals surface area contributed by atoms with Crippen molar-refractivity contribution in [2.75, 3.05) is 0 Å². The highest BCUT2D eigenvalue weighted by atomic mass is 15.2. The summed E-state index contributed by atoms with van der Waals surface area (Å²) in [6.45, 7) is 11.6. The monoisotopic (exact) mass is 305 g/mol. The van der Waals surface area contributed by atoms with Crippen LogP contribution in [0.2, 0.25) is 0 Å². The molecule has 0 radical (unpaired) electrons. The number of aromatic nitrogens is 4. The molecule has 1 unspecified atom stereocenters. The fourth-order valence-corrected chi connectivity index (χ4v) is 2.75. The van der Waals surface area contributed by atoms with E-state index >= 15 is 0 Å². The third-order valence-electron chi connectivity index (χ3n) is 3.78. The molecule has 0 amide bonds. The smallest absolute Gasteiger partial charge is 0.171 e. The summed E-state index contributed by atoms with van der Waals surface area (Å²) in [6, 6.07) is 4.01. The fraction of sp³-hybridized carbons (Fsp3) is 0.167. The van der Waals surface area contributed by atoms with Gasteiger partial charge in [-0.1, -0.05) is 37.5 Å². The standard InChI is InChI=1S/C18H19N5/c1-5-7-13(6-2)17-21-16-14(12(4)19)8-11(3)9-15(16)18-22-20-10-23(17)18/h5-10,12H,1-2,19H2,3-4H3/b13-7+. The van der Waals surface area contributed by atoms with Crippen LogP contribution in [0, 0.1) is 6.92 Å². The topological polar surface area (TPSA) is 69.1 Å². The number of hydrogen-bond donors (Lipinski definition) is 1. The molecule has 1 aromatic carbocycles. The second kappa shape index (κ2) is 5.78. The Hall–Kier alpha value is -2.79. The van der Waals surface area contributed by atoms with Crippen molar-refractivity contribution in [3.63, 3.8) is 0 Å². The highest BCUT2D eigenvalue weighted by Crippen LogP contribution is 2.28. The van der Waals surface area contributed by atoms with Gasteiger partial charge in [-0.3, -0.25) is 4.40 Å². The molecular weight excluding hydrogens is 286 g/mol. The number of allylic oxidation sites excluding steroid dienone is 4. The third kappa shape index (κ3) is 2.45. The summed E-state index contributed by atoms with van der Waals surface area (Å²) in [5, 5.41) is 9.26. The first-order valence-corrected chi connectivity index (χ1v) is 7.42. The van der Waals surface area contributed by atoms with E-state index in [0.29, 0.717) is 0 Å². The average molecular weight is 305 g/mol. The summed E-state index contributed by atoms with van der Waals surface area (Å²) in [4.78, 5) is 4.84. The minimum Gasteiger partial charge on any atom is -0.324 e. The quantitative estimate of drug-likeness (QED) is 0.750. The Labute approximate surface area is 134 Å². The first-order chi connectivity index (χ1) is 11.1. The summed E-state index contributed by atoms with van der Waals surface area (Å²) >= 11 is 0. The van der Waals surface area contributed by atoms with Crippen LogP contribution in [0.1, 0.15) is 29.9 Å². The molecule has 116 valence electrons. The molecule has 0 spiro atoms. The minimum absolute atomic E-state index is 0.126. The summed E-state index contributed by atoms with van der Waals surface area (Å²) in [6.07, 6.45) is 6.97. The van der Waals surface area contributed by atoms with E-state index in [-0.39, 0.29) is 6.04 Å². The molecule has 2 heterocycles. The molecule has 5 nitrogen and oxygen atoms in total. The van der Waals surface area contributed by atoms with Gasteiger partial charge in [0, 0.05) is 17.0 Å². The maximum Gasteiger partial charge on any atom is 0.171 e. The summed E-state index contributed by atoms with van der Waals surface area (Å²) in [7, 11) is 0. The van der Waals surface area contributed by atoms with Gasteiger partial charge in [-0.2, -0.15) is 0 Å². The molecule has 0 aliphatic rings. The van der Waals surface area contributed by atoms with Crippen LogP contribution < -0.4 is 5.73 Å². The maximum atomic E-state index is 6.15. The van der Waals surface area contributed by atoms with Gasteiger partial charge in [-0.25, -0.2) is 4.98 Å². The molecule has 0 aliphatic carbocycles. The summed E-state index contributed by atoms with van der Waals surface area (Å²) < 4.78 is 1.86. The van der Waals surface area contributed by atoms with Gasteiger partial charge in [0.1, 0.15) is 12.2 Å². The van der Waals surface area contributed by atoms with E-state index < -0.39 is 0 Å². The molecule has 0 aliphatic heterocycles. The first kappa shape index (κ1) is 15.1. The molecule has 3 rings (SSSR count). The lowest BCUT2D eigenvalue weighted by Gasteiger charge is -2.14. The highest BCUT2D eigenvalue weighted by molar-refractivity contribution is 5.95. The predicted molar refractivity (Wildman–Crippen MR) is 94.0 cm³/mol. The van der Waals surface area contributed by atoms with Crippen molar-refractivity contribution in [2.24, 2.45) is 5.73 Å². The van der Waals surface area contributed by atoms with Gasteiger partial charge < -0.3 is 5.73 Å². The third-order valence-corrected chi connectivity index (χ3v) is 3.78. The van der Waals surface area contributed by atoms with Crippen molar-refractivity contribution in [1.82, 2.24) is 19.6 Å². The molecular formula is C18H19N5. The van der Waals surface area contributed by atoms with Crippen molar-refractivity contribution >= 4 is 22.1 Å². The van der Waals surface area contributed by atoms with Crippen LogP contribution in [0.25, 0.3) is 22.1 Å². The maximum absolute atomic E-state index is 6.15. The molecule has 0 saturated heterocycles. The van der Waals surface area contributed by atoms with Crippen molar-refractivity contribution in [2.45, 2.75) is 19.9 Å². The number of hydrogen-bond acceptors (Lipinski definition) is 4. The number of nitrogens with zero attached hydrogens (tertiary/aromatic N) is 4. The van der Waals surface area contributed by atoms with E-state index in [1.165, 1.54) is 0 Å². The SMILES string of the molecule is C=C/C=C(\C=C)c1nc2c(C(C)N)cc(C)cc2c2nncn12. The molecule has 23 heavy (non-hydrogen) atoms. The van der Waals surface area contributed by atoms with Crippen LogP contribution in [0.5, 0.6) is 0 Å². The van der Waals surface area contributed by atoms with Crippen LogP contribution in [-0.2, 0) is 0 Å². The number of fused-ring (bicyclic) bond motifs is 3. The molecule has 2 aromatic heterocycles. The van der Waals surface area contributed by atoms with E-state index in [1.54, 1.807) is 18.5 Å². The second-order valence-corrected chi connectivity index (χ2v) is 5.56. The lowest BCUT2D eigenvalue weighted by molar-refractivity contribution is 0.821. The zero-order valence-corrected chi connectivity index (χ0v) is 13.3. The summed E-state index contributed by atoms with van der Waals surface area (Å²) in [5.41, 5.74) is 10.7. The van der Waals surface area contributed by atoms with Crippen molar-refractivity contribution in [1.29, 1.82) is 0 Å². The van der Waals surface area contributed by atoms with E-state index in [9.17, 15) is 0 Å². The van der Waals surface area contributed by atoms with Crippen LogP contribution >= 0.6 is 0 Å². The molecule has 0 fully saturated rings. The Bertz CT molecular complexity index is 947. The Morgan fingerprint density at radius 2 is 2.13 bits per heavy atom. The van der Waals surface area contributed by atoms with E-state index in [4.69, 9.17) is 10.7 Å². The van der Waals surface area contributed by atoms with Crippen molar-refractivity contribution in [3.8, 4) is 0 Å². The van der Waals surface area contributed by atoms with Gasteiger partial charge in [0.25, 0.3) is 0 Å². The zero-order valence-electron chi connectivity index (χ0n) is 13.3. The largest absolute Gasteiger partial charge is 0.324 e. The normalized spacial score (nSPS) is 13.4. The molecule has 5 heteroatoms. The lowest BCUT2D eigenvalue weighted by atomic mass is 10.0. The van der Waals surface area contributed by atoms with E-state index in [1.807, 2.05) is 24.3 Å². The lowest BCUT2D eigenvalue weighted by Crippen LogP contribution is -2.09. The van der Waals surface area contributed by atoms with Gasteiger partial charge in [-0.05, 0) is 31.0 Å². The predicted octanol–water partition coefficient (Wildman–Crippen LogP) is 3.36. The Morgan fingerprint density at radius 1 is 1.35 bits per heavy atom. The summed E-state index contributed by atoms with van der Waals surface area (Å²) in [5.74, 6) is 0.721. The zero-order chi connectivity index (χ0) is 16.6. The number of aryl methyl sites for hydroxylation is 1. The number of rotatable bonds is 4.